The fourth-order valence-corrected chi connectivity index (χ4v) is 2.52. The van der Waals surface area contributed by atoms with Crippen molar-refractivity contribution >= 4 is 5.69 Å². The molecule has 2 heteroatoms. The van der Waals surface area contributed by atoms with E-state index in [4.69, 9.17) is 0 Å². The summed E-state index contributed by atoms with van der Waals surface area (Å²) in [5, 5.41) is 12.7. The molecule has 1 atom stereocenters. The lowest BCUT2D eigenvalue weighted by molar-refractivity contribution is 0.705. The minimum atomic E-state index is 0.333. The van der Waals surface area contributed by atoms with E-state index in [-0.39, 0.29) is 0 Å². The average Bonchev–Trinajstić information content (AvgIpc) is 2.45. The van der Waals surface area contributed by atoms with Crippen molar-refractivity contribution in [2.45, 2.75) is 39.7 Å². The third-order valence-electron chi connectivity index (χ3n) is 3.74. The van der Waals surface area contributed by atoms with Gasteiger partial charge in [-0.15, -0.1) is 0 Å². The van der Waals surface area contributed by atoms with Crippen molar-refractivity contribution in [3.63, 3.8) is 0 Å². The topological polar surface area (TPSA) is 35.8 Å². The Kier molecular flexibility index (Phi) is 5.00. The summed E-state index contributed by atoms with van der Waals surface area (Å²) in [6.07, 6.45) is 2.09. The molecule has 0 fully saturated rings. The van der Waals surface area contributed by atoms with Gasteiger partial charge in [-0.1, -0.05) is 42.0 Å². The second-order valence-electron chi connectivity index (χ2n) is 5.68. The van der Waals surface area contributed by atoms with Crippen molar-refractivity contribution in [3.05, 3.63) is 64.7 Å². The highest BCUT2D eigenvalue weighted by Gasteiger charge is 2.08. The van der Waals surface area contributed by atoms with Gasteiger partial charge in [0.2, 0.25) is 0 Å². The quantitative estimate of drug-likeness (QED) is 0.867. The Bertz CT molecular complexity index is 653. The van der Waals surface area contributed by atoms with Crippen LogP contribution >= 0.6 is 0 Å². The molecule has 2 nitrogen and oxygen atoms in total. The Labute approximate surface area is 127 Å². The summed E-state index contributed by atoms with van der Waals surface area (Å²) in [7, 11) is 0. The Morgan fingerprint density at radius 2 is 1.90 bits per heavy atom. The van der Waals surface area contributed by atoms with E-state index in [9.17, 15) is 5.26 Å². The maximum absolute atomic E-state index is 9.26. The van der Waals surface area contributed by atoms with Gasteiger partial charge in [-0.05, 0) is 50.8 Å². The zero-order chi connectivity index (χ0) is 15.2. The van der Waals surface area contributed by atoms with Crippen molar-refractivity contribution < 1.29 is 0 Å². The molecule has 2 aromatic carbocycles. The predicted molar refractivity (Wildman–Crippen MR) is 88.5 cm³/mol. The first-order chi connectivity index (χ1) is 10.1. The van der Waals surface area contributed by atoms with Gasteiger partial charge in [-0.25, -0.2) is 0 Å². The molecule has 21 heavy (non-hydrogen) atoms. The SMILES string of the molecule is Cc1cccc(CCC(C)Nc2cccc(C)c2C#N)c1. The van der Waals surface area contributed by atoms with E-state index < -0.39 is 0 Å². The molecule has 108 valence electrons. The minimum absolute atomic E-state index is 0.333. The van der Waals surface area contributed by atoms with Crippen molar-refractivity contribution in [2.75, 3.05) is 5.32 Å². The summed E-state index contributed by atoms with van der Waals surface area (Å²) in [6.45, 7) is 6.26. The Balaban J connectivity index is 1.98. The van der Waals surface area contributed by atoms with Crippen LogP contribution < -0.4 is 5.32 Å². The lowest BCUT2D eigenvalue weighted by Crippen LogP contribution is -2.17. The van der Waals surface area contributed by atoms with Gasteiger partial charge in [0, 0.05) is 6.04 Å². The van der Waals surface area contributed by atoms with Crippen molar-refractivity contribution in [1.82, 2.24) is 0 Å². The molecule has 0 aliphatic heterocycles. The zero-order valence-corrected chi connectivity index (χ0v) is 13.0. The van der Waals surface area contributed by atoms with Crippen LogP contribution in [0.25, 0.3) is 0 Å². The van der Waals surface area contributed by atoms with E-state index in [1.807, 2.05) is 25.1 Å². The van der Waals surface area contributed by atoms with E-state index in [2.05, 4.69) is 49.5 Å². The molecule has 2 rings (SSSR count). The molecule has 0 aromatic heterocycles. The maximum atomic E-state index is 9.26. The van der Waals surface area contributed by atoms with Crippen LogP contribution in [0.5, 0.6) is 0 Å². The summed E-state index contributed by atoms with van der Waals surface area (Å²) in [5.74, 6) is 0. The molecular weight excluding hydrogens is 256 g/mol. The molecule has 0 radical (unpaired) electrons. The number of hydrogen-bond acceptors (Lipinski definition) is 2. The number of benzene rings is 2. The fourth-order valence-electron chi connectivity index (χ4n) is 2.52. The summed E-state index contributed by atoms with van der Waals surface area (Å²) in [5.41, 5.74) is 5.38. The monoisotopic (exact) mass is 278 g/mol. The zero-order valence-electron chi connectivity index (χ0n) is 13.0. The highest BCUT2D eigenvalue weighted by Crippen LogP contribution is 2.20. The molecule has 0 amide bonds. The van der Waals surface area contributed by atoms with Crippen LogP contribution in [0.3, 0.4) is 0 Å². The largest absolute Gasteiger partial charge is 0.382 e. The van der Waals surface area contributed by atoms with Crippen LogP contribution in [-0.2, 0) is 6.42 Å². The van der Waals surface area contributed by atoms with Gasteiger partial charge in [0.05, 0.1) is 11.3 Å². The molecule has 2 aromatic rings. The van der Waals surface area contributed by atoms with Crippen LogP contribution in [0.1, 0.15) is 35.6 Å². The van der Waals surface area contributed by atoms with Gasteiger partial charge in [-0.2, -0.15) is 5.26 Å². The number of nitrogens with one attached hydrogen (secondary N) is 1. The van der Waals surface area contributed by atoms with Gasteiger partial charge in [0.1, 0.15) is 6.07 Å². The molecule has 0 heterocycles. The highest BCUT2D eigenvalue weighted by atomic mass is 14.9. The minimum Gasteiger partial charge on any atom is -0.382 e. The number of anilines is 1. The van der Waals surface area contributed by atoms with E-state index in [1.54, 1.807) is 0 Å². The molecule has 1 unspecified atom stereocenters. The smallest absolute Gasteiger partial charge is 0.102 e. The lowest BCUT2D eigenvalue weighted by Gasteiger charge is -2.17. The fraction of sp³-hybridized carbons (Fsp3) is 0.316. The number of nitriles is 1. The van der Waals surface area contributed by atoms with Gasteiger partial charge in [-0.3, -0.25) is 0 Å². The van der Waals surface area contributed by atoms with Crippen molar-refractivity contribution in [2.24, 2.45) is 0 Å². The maximum Gasteiger partial charge on any atom is 0.102 e. The van der Waals surface area contributed by atoms with E-state index in [1.165, 1.54) is 11.1 Å². The summed E-state index contributed by atoms with van der Waals surface area (Å²) in [4.78, 5) is 0. The Morgan fingerprint density at radius 3 is 2.62 bits per heavy atom. The summed E-state index contributed by atoms with van der Waals surface area (Å²) < 4.78 is 0. The first-order valence-electron chi connectivity index (χ1n) is 7.42. The van der Waals surface area contributed by atoms with E-state index >= 15 is 0 Å². The summed E-state index contributed by atoms with van der Waals surface area (Å²) >= 11 is 0. The van der Waals surface area contributed by atoms with Crippen LogP contribution in [0.2, 0.25) is 0 Å². The first kappa shape index (κ1) is 15.1. The third-order valence-corrected chi connectivity index (χ3v) is 3.74. The molecule has 0 spiro atoms. The Morgan fingerprint density at radius 1 is 1.14 bits per heavy atom. The first-order valence-corrected chi connectivity index (χ1v) is 7.42. The Hall–Kier alpha value is -2.27. The van der Waals surface area contributed by atoms with E-state index in [0.29, 0.717) is 6.04 Å². The number of nitrogens with zero attached hydrogens (tertiary/aromatic N) is 1. The van der Waals surface area contributed by atoms with Gasteiger partial charge in [0.25, 0.3) is 0 Å². The van der Waals surface area contributed by atoms with Crippen LogP contribution in [-0.4, -0.2) is 6.04 Å². The predicted octanol–water partition coefficient (Wildman–Crippen LogP) is 4.61. The molecule has 0 aliphatic carbocycles. The van der Waals surface area contributed by atoms with Gasteiger partial charge < -0.3 is 5.32 Å². The third kappa shape index (κ3) is 4.10. The normalized spacial score (nSPS) is 11.7. The number of hydrogen-bond donors (Lipinski definition) is 1. The van der Waals surface area contributed by atoms with E-state index in [0.717, 1.165) is 29.7 Å². The molecule has 0 saturated carbocycles. The van der Waals surface area contributed by atoms with Gasteiger partial charge >= 0.3 is 0 Å². The molecular formula is C19H22N2. The van der Waals surface area contributed by atoms with Gasteiger partial charge in [0.15, 0.2) is 0 Å². The second kappa shape index (κ2) is 6.95. The average molecular weight is 278 g/mol. The molecule has 0 bridgehead atoms. The van der Waals surface area contributed by atoms with Crippen LogP contribution in [0.15, 0.2) is 42.5 Å². The molecule has 1 N–H and O–H groups in total. The second-order valence-corrected chi connectivity index (χ2v) is 5.68. The van der Waals surface area contributed by atoms with Crippen molar-refractivity contribution in [3.8, 4) is 6.07 Å². The molecule has 0 saturated heterocycles. The standard InChI is InChI=1S/C19H22N2/c1-14-6-4-8-17(12-14)11-10-16(3)21-19-9-5-7-15(2)18(19)13-20/h4-9,12,16,21H,10-11H2,1-3H3. The molecule has 0 aliphatic rings. The van der Waals surface area contributed by atoms with Crippen LogP contribution in [0.4, 0.5) is 5.69 Å². The lowest BCUT2D eigenvalue weighted by atomic mass is 10.0. The number of aryl methyl sites for hydroxylation is 3. The highest BCUT2D eigenvalue weighted by molar-refractivity contribution is 5.60. The summed E-state index contributed by atoms with van der Waals surface area (Å²) in [6, 6.07) is 17.2. The number of rotatable bonds is 5. The van der Waals surface area contributed by atoms with Crippen LogP contribution in [0, 0.1) is 25.2 Å². The van der Waals surface area contributed by atoms with Crippen molar-refractivity contribution in [1.29, 1.82) is 5.26 Å².